The SMILES string of the molecule is NCCc1cncn1-c1ccc(F)c(Br)c1. The van der Waals surface area contributed by atoms with Crippen LogP contribution in [0.25, 0.3) is 5.69 Å². The molecule has 1 heterocycles. The van der Waals surface area contributed by atoms with Gasteiger partial charge < -0.3 is 10.3 Å². The van der Waals surface area contributed by atoms with E-state index in [4.69, 9.17) is 5.73 Å². The molecule has 0 unspecified atom stereocenters. The molecule has 0 aliphatic rings. The van der Waals surface area contributed by atoms with E-state index in [2.05, 4.69) is 20.9 Å². The number of hydrogen-bond acceptors (Lipinski definition) is 2. The highest BCUT2D eigenvalue weighted by Gasteiger charge is 2.06. The van der Waals surface area contributed by atoms with Gasteiger partial charge in [0.25, 0.3) is 0 Å². The van der Waals surface area contributed by atoms with Crippen LogP contribution in [-0.4, -0.2) is 16.1 Å². The zero-order valence-corrected chi connectivity index (χ0v) is 10.1. The zero-order valence-electron chi connectivity index (χ0n) is 8.53. The van der Waals surface area contributed by atoms with E-state index in [0.29, 0.717) is 11.0 Å². The van der Waals surface area contributed by atoms with Crippen LogP contribution in [0.3, 0.4) is 0 Å². The molecule has 0 fully saturated rings. The van der Waals surface area contributed by atoms with E-state index in [1.807, 2.05) is 4.57 Å². The molecular weight excluding hydrogens is 273 g/mol. The fourth-order valence-corrected chi connectivity index (χ4v) is 1.89. The van der Waals surface area contributed by atoms with Gasteiger partial charge in [0.1, 0.15) is 5.82 Å². The van der Waals surface area contributed by atoms with Crippen molar-refractivity contribution in [3.8, 4) is 5.69 Å². The number of nitrogens with zero attached hydrogens (tertiary/aromatic N) is 2. The molecule has 2 aromatic rings. The normalized spacial score (nSPS) is 10.7. The van der Waals surface area contributed by atoms with Gasteiger partial charge in [-0.2, -0.15) is 0 Å². The molecule has 0 aliphatic carbocycles. The second kappa shape index (κ2) is 4.76. The Morgan fingerprint density at radius 1 is 1.44 bits per heavy atom. The smallest absolute Gasteiger partial charge is 0.137 e. The first-order chi connectivity index (χ1) is 7.72. The third-order valence-corrected chi connectivity index (χ3v) is 2.90. The standard InChI is InChI=1S/C11H11BrFN3/c12-10-5-8(1-2-11(10)13)16-7-15-6-9(16)3-4-14/h1-2,5-7H,3-4,14H2. The van der Waals surface area contributed by atoms with E-state index >= 15 is 0 Å². The van der Waals surface area contributed by atoms with E-state index in [-0.39, 0.29) is 5.82 Å². The lowest BCUT2D eigenvalue weighted by atomic mass is 10.2. The molecule has 16 heavy (non-hydrogen) atoms. The summed E-state index contributed by atoms with van der Waals surface area (Å²) in [7, 11) is 0. The van der Waals surface area contributed by atoms with Crippen molar-refractivity contribution in [2.45, 2.75) is 6.42 Å². The molecule has 0 amide bonds. The topological polar surface area (TPSA) is 43.8 Å². The summed E-state index contributed by atoms with van der Waals surface area (Å²) in [6.07, 6.45) is 4.21. The van der Waals surface area contributed by atoms with Gasteiger partial charge in [-0.1, -0.05) is 0 Å². The first kappa shape index (κ1) is 11.3. The lowest BCUT2D eigenvalue weighted by Gasteiger charge is -2.07. The Kier molecular flexibility index (Phi) is 3.36. The fourth-order valence-electron chi connectivity index (χ4n) is 1.52. The zero-order chi connectivity index (χ0) is 11.5. The van der Waals surface area contributed by atoms with Crippen LogP contribution in [-0.2, 0) is 6.42 Å². The summed E-state index contributed by atoms with van der Waals surface area (Å²) in [6, 6.07) is 4.85. The van der Waals surface area contributed by atoms with Crippen molar-refractivity contribution in [1.82, 2.24) is 9.55 Å². The molecule has 1 aromatic carbocycles. The highest BCUT2D eigenvalue weighted by Crippen LogP contribution is 2.20. The van der Waals surface area contributed by atoms with Crippen molar-refractivity contribution in [1.29, 1.82) is 0 Å². The average Bonchev–Trinajstić information content (AvgIpc) is 2.71. The van der Waals surface area contributed by atoms with E-state index in [9.17, 15) is 4.39 Å². The van der Waals surface area contributed by atoms with Gasteiger partial charge in [-0.15, -0.1) is 0 Å². The Bertz CT molecular complexity index is 496. The predicted molar refractivity (Wildman–Crippen MR) is 64.0 cm³/mol. The quantitative estimate of drug-likeness (QED) is 0.939. The number of hydrogen-bond donors (Lipinski definition) is 1. The van der Waals surface area contributed by atoms with Gasteiger partial charge in [-0.05, 0) is 40.7 Å². The van der Waals surface area contributed by atoms with Gasteiger partial charge in [0.2, 0.25) is 0 Å². The summed E-state index contributed by atoms with van der Waals surface area (Å²) >= 11 is 3.16. The molecule has 5 heteroatoms. The highest BCUT2D eigenvalue weighted by molar-refractivity contribution is 9.10. The number of imidazole rings is 1. The third kappa shape index (κ3) is 2.15. The molecule has 0 spiro atoms. The molecule has 0 saturated heterocycles. The molecule has 0 bridgehead atoms. The summed E-state index contributed by atoms with van der Waals surface area (Å²) in [5.74, 6) is -0.274. The van der Waals surface area contributed by atoms with Crippen molar-refractivity contribution in [2.75, 3.05) is 6.54 Å². The molecule has 0 atom stereocenters. The minimum atomic E-state index is -0.274. The Morgan fingerprint density at radius 2 is 2.25 bits per heavy atom. The lowest BCUT2D eigenvalue weighted by Crippen LogP contribution is -2.07. The Hall–Kier alpha value is -1.20. The number of halogens is 2. The first-order valence-electron chi connectivity index (χ1n) is 4.89. The molecule has 0 saturated carbocycles. The van der Waals surface area contributed by atoms with Crippen molar-refractivity contribution in [3.63, 3.8) is 0 Å². The molecule has 3 nitrogen and oxygen atoms in total. The summed E-state index contributed by atoms with van der Waals surface area (Å²) in [4.78, 5) is 4.07. The number of aromatic nitrogens is 2. The number of rotatable bonds is 3. The van der Waals surface area contributed by atoms with Gasteiger partial charge >= 0.3 is 0 Å². The second-order valence-electron chi connectivity index (χ2n) is 3.39. The lowest BCUT2D eigenvalue weighted by molar-refractivity contribution is 0.620. The maximum atomic E-state index is 13.1. The predicted octanol–water partition coefficient (Wildman–Crippen LogP) is 2.28. The fraction of sp³-hybridized carbons (Fsp3) is 0.182. The Balaban J connectivity index is 2.42. The van der Waals surface area contributed by atoms with Crippen LogP contribution >= 0.6 is 15.9 Å². The summed E-state index contributed by atoms with van der Waals surface area (Å²) in [5.41, 5.74) is 7.39. The monoisotopic (exact) mass is 283 g/mol. The van der Waals surface area contributed by atoms with Crippen molar-refractivity contribution >= 4 is 15.9 Å². The van der Waals surface area contributed by atoms with Crippen LogP contribution in [0.2, 0.25) is 0 Å². The van der Waals surface area contributed by atoms with Crippen LogP contribution < -0.4 is 5.73 Å². The highest BCUT2D eigenvalue weighted by atomic mass is 79.9. The van der Waals surface area contributed by atoms with Crippen LogP contribution in [0.5, 0.6) is 0 Å². The minimum absolute atomic E-state index is 0.274. The van der Waals surface area contributed by atoms with Gasteiger partial charge in [-0.3, -0.25) is 0 Å². The minimum Gasteiger partial charge on any atom is -0.330 e. The van der Waals surface area contributed by atoms with Crippen molar-refractivity contribution in [3.05, 3.63) is 46.7 Å². The maximum Gasteiger partial charge on any atom is 0.137 e. The van der Waals surface area contributed by atoms with Gasteiger partial charge in [0, 0.05) is 24.0 Å². The molecule has 1 aromatic heterocycles. The number of benzene rings is 1. The van der Waals surface area contributed by atoms with Gasteiger partial charge in [-0.25, -0.2) is 9.37 Å². The van der Waals surface area contributed by atoms with Crippen molar-refractivity contribution in [2.24, 2.45) is 5.73 Å². The largest absolute Gasteiger partial charge is 0.330 e. The molecule has 2 rings (SSSR count). The van der Waals surface area contributed by atoms with Crippen LogP contribution in [0.4, 0.5) is 4.39 Å². The first-order valence-corrected chi connectivity index (χ1v) is 5.68. The Labute approximate surface area is 101 Å². The van der Waals surface area contributed by atoms with E-state index in [1.54, 1.807) is 24.7 Å². The molecule has 84 valence electrons. The van der Waals surface area contributed by atoms with Crippen molar-refractivity contribution < 1.29 is 4.39 Å². The van der Waals surface area contributed by atoms with E-state index in [1.165, 1.54) is 6.07 Å². The molecule has 2 N–H and O–H groups in total. The Morgan fingerprint density at radius 3 is 2.94 bits per heavy atom. The number of nitrogens with two attached hydrogens (primary N) is 1. The van der Waals surface area contributed by atoms with E-state index < -0.39 is 0 Å². The van der Waals surface area contributed by atoms with Crippen LogP contribution in [0.15, 0.2) is 35.2 Å². The van der Waals surface area contributed by atoms with Gasteiger partial charge in [0.15, 0.2) is 0 Å². The molecular formula is C11H11BrFN3. The maximum absolute atomic E-state index is 13.1. The third-order valence-electron chi connectivity index (χ3n) is 2.30. The summed E-state index contributed by atoms with van der Waals surface area (Å²) < 4.78 is 15.4. The van der Waals surface area contributed by atoms with Crippen LogP contribution in [0.1, 0.15) is 5.69 Å². The van der Waals surface area contributed by atoms with E-state index in [0.717, 1.165) is 17.8 Å². The van der Waals surface area contributed by atoms with Crippen LogP contribution in [0, 0.1) is 5.82 Å². The summed E-state index contributed by atoms with van der Waals surface area (Å²) in [6.45, 7) is 0.564. The average molecular weight is 284 g/mol. The summed E-state index contributed by atoms with van der Waals surface area (Å²) in [5, 5.41) is 0. The molecule has 0 radical (unpaired) electrons. The second-order valence-corrected chi connectivity index (χ2v) is 4.25. The van der Waals surface area contributed by atoms with Gasteiger partial charge in [0.05, 0.1) is 10.8 Å². The molecule has 0 aliphatic heterocycles.